The minimum atomic E-state index is -3.08. The number of likely N-dealkylation sites (tertiary alicyclic amines) is 1. The van der Waals surface area contributed by atoms with E-state index in [1.165, 1.54) is 0 Å². The zero-order valence-electron chi connectivity index (χ0n) is 11.2. The van der Waals surface area contributed by atoms with E-state index in [1.54, 1.807) is 11.2 Å². The van der Waals surface area contributed by atoms with E-state index in [1.807, 2.05) is 11.9 Å². The molecule has 104 valence electrons. The van der Waals surface area contributed by atoms with Crippen molar-refractivity contribution < 1.29 is 13.2 Å². The average Bonchev–Trinajstić information content (AvgIpc) is 2.37. The highest BCUT2D eigenvalue weighted by atomic mass is 32.2. The van der Waals surface area contributed by atoms with Crippen molar-refractivity contribution in [3.05, 3.63) is 0 Å². The molecule has 18 heavy (non-hydrogen) atoms. The average molecular weight is 274 g/mol. The van der Waals surface area contributed by atoms with Crippen molar-refractivity contribution in [1.29, 1.82) is 0 Å². The zero-order valence-corrected chi connectivity index (χ0v) is 12.0. The monoisotopic (exact) mass is 274 g/mol. The quantitative estimate of drug-likeness (QED) is 0.749. The van der Waals surface area contributed by atoms with Crippen molar-refractivity contribution in [2.24, 2.45) is 0 Å². The Morgan fingerprint density at radius 1 is 1.22 bits per heavy atom. The fourth-order valence-electron chi connectivity index (χ4n) is 3.12. The molecule has 0 unspecified atom stereocenters. The Morgan fingerprint density at radius 2 is 1.83 bits per heavy atom. The first kappa shape index (κ1) is 13.8. The molecule has 0 radical (unpaired) electrons. The molecule has 0 saturated carbocycles. The van der Waals surface area contributed by atoms with Crippen LogP contribution in [-0.4, -0.2) is 55.0 Å². The van der Waals surface area contributed by atoms with E-state index in [9.17, 15) is 13.2 Å². The maximum atomic E-state index is 11.8. The van der Waals surface area contributed by atoms with Crippen LogP contribution in [0.1, 0.15) is 39.0 Å². The maximum Gasteiger partial charge on any atom is 0.222 e. The predicted octanol–water partition coefficient (Wildman–Crippen LogP) is 0.813. The van der Waals surface area contributed by atoms with Crippen LogP contribution in [0.4, 0.5) is 0 Å². The summed E-state index contributed by atoms with van der Waals surface area (Å²) in [7, 11) is -1.21. The van der Waals surface area contributed by atoms with Crippen LogP contribution in [0.15, 0.2) is 0 Å². The molecule has 2 saturated heterocycles. The predicted molar refractivity (Wildman–Crippen MR) is 69.6 cm³/mol. The number of carbonyl (C=O) groups is 1. The van der Waals surface area contributed by atoms with Crippen LogP contribution in [0, 0.1) is 0 Å². The molecule has 6 heteroatoms. The Kier molecular flexibility index (Phi) is 3.69. The van der Waals surface area contributed by atoms with E-state index in [-0.39, 0.29) is 17.2 Å². The summed E-state index contributed by atoms with van der Waals surface area (Å²) in [5.74, 6) is 0.363. The Balaban J connectivity index is 2.08. The lowest BCUT2D eigenvalue weighted by atomic mass is 9.79. The van der Waals surface area contributed by atoms with Gasteiger partial charge in [-0.15, -0.1) is 0 Å². The first-order valence-corrected chi connectivity index (χ1v) is 8.27. The number of piperidine rings is 2. The van der Waals surface area contributed by atoms with Gasteiger partial charge < -0.3 is 4.90 Å². The Morgan fingerprint density at radius 3 is 2.39 bits per heavy atom. The lowest BCUT2D eigenvalue weighted by Gasteiger charge is -2.49. The van der Waals surface area contributed by atoms with Crippen molar-refractivity contribution >= 4 is 15.9 Å². The molecule has 0 bridgehead atoms. The zero-order chi connectivity index (χ0) is 13.4. The summed E-state index contributed by atoms with van der Waals surface area (Å²) in [6.07, 6.45) is 4.12. The van der Waals surface area contributed by atoms with E-state index in [2.05, 4.69) is 0 Å². The van der Waals surface area contributed by atoms with E-state index >= 15 is 0 Å². The lowest BCUT2D eigenvalue weighted by Crippen LogP contribution is -2.58. The first-order chi connectivity index (χ1) is 8.41. The molecule has 2 heterocycles. The van der Waals surface area contributed by atoms with Gasteiger partial charge in [0.2, 0.25) is 15.9 Å². The molecule has 2 fully saturated rings. The summed E-state index contributed by atoms with van der Waals surface area (Å²) in [5, 5.41) is 0. The third-order valence-corrected chi connectivity index (χ3v) is 6.41. The van der Waals surface area contributed by atoms with Gasteiger partial charge in [0, 0.05) is 32.1 Å². The van der Waals surface area contributed by atoms with Crippen LogP contribution >= 0.6 is 0 Å². The van der Waals surface area contributed by atoms with Crippen LogP contribution in [0.2, 0.25) is 0 Å². The Bertz CT molecular complexity index is 425. The second kappa shape index (κ2) is 4.81. The summed E-state index contributed by atoms with van der Waals surface area (Å²) in [6, 6.07) is 0. The minimum absolute atomic E-state index is 0.0882. The van der Waals surface area contributed by atoms with E-state index in [0.717, 1.165) is 25.7 Å². The van der Waals surface area contributed by atoms with Crippen molar-refractivity contribution in [2.75, 3.05) is 25.9 Å². The highest BCUT2D eigenvalue weighted by molar-refractivity contribution is 7.89. The fourth-order valence-corrected chi connectivity index (χ4v) is 4.22. The normalized spacial score (nSPS) is 25.7. The molecule has 2 aliphatic heterocycles. The molecular weight excluding hydrogens is 252 g/mol. The highest BCUT2D eigenvalue weighted by Gasteiger charge is 2.43. The molecule has 0 aromatic heterocycles. The maximum absolute atomic E-state index is 11.8. The topological polar surface area (TPSA) is 57.7 Å². The molecule has 1 amide bonds. The summed E-state index contributed by atoms with van der Waals surface area (Å²) < 4.78 is 25.2. The minimum Gasteiger partial charge on any atom is -0.340 e. The van der Waals surface area contributed by atoms with Crippen LogP contribution in [0.25, 0.3) is 0 Å². The smallest absolute Gasteiger partial charge is 0.222 e. The first-order valence-electron chi connectivity index (χ1n) is 6.66. The molecule has 2 aliphatic rings. The van der Waals surface area contributed by atoms with Crippen LogP contribution < -0.4 is 0 Å². The Hall–Kier alpha value is -0.620. The molecule has 1 spiro atoms. The molecule has 2 rings (SSSR count). The molecule has 0 aromatic rings. The summed E-state index contributed by atoms with van der Waals surface area (Å²) in [6.45, 7) is 2.78. The molecule has 0 aliphatic carbocycles. The second-order valence-electron chi connectivity index (χ2n) is 5.33. The van der Waals surface area contributed by atoms with Crippen LogP contribution in [0.3, 0.4) is 0 Å². The number of hydrogen-bond donors (Lipinski definition) is 0. The number of hydrogen-bond acceptors (Lipinski definition) is 3. The Labute approximate surface area is 109 Å². The van der Waals surface area contributed by atoms with Crippen molar-refractivity contribution in [3.8, 4) is 0 Å². The lowest BCUT2D eigenvalue weighted by molar-refractivity contribution is -0.141. The number of carbonyl (C=O) groups excluding carboxylic acids is 1. The molecule has 5 nitrogen and oxygen atoms in total. The summed E-state index contributed by atoms with van der Waals surface area (Å²) in [4.78, 5) is 13.7. The second-order valence-corrected chi connectivity index (χ2v) is 7.59. The van der Waals surface area contributed by atoms with Gasteiger partial charge in [-0.25, -0.2) is 12.7 Å². The standard InChI is InChI=1S/C12H22N2O3S/c1-3-18(16,17)14-9-7-12(8-10-14)6-4-5-11(15)13(12)2/h3-10H2,1-2H3. The number of amides is 1. The fraction of sp³-hybridized carbons (Fsp3) is 0.917. The van der Waals surface area contributed by atoms with Gasteiger partial charge in [-0.05, 0) is 32.6 Å². The van der Waals surface area contributed by atoms with Gasteiger partial charge in [0.15, 0.2) is 0 Å². The summed E-state index contributed by atoms with van der Waals surface area (Å²) in [5.41, 5.74) is -0.0882. The third-order valence-electron chi connectivity index (χ3n) is 4.53. The SMILES string of the molecule is CCS(=O)(=O)N1CCC2(CCCC(=O)N2C)CC1. The molecule has 0 N–H and O–H groups in total. The van der Waals surface area contributed by atoms with Gasteiger partial charge in [0.25, 0.3) is 0 Å². The van der Waals surface area contributed by atoms with Crippen molar-refractivity contribution in [2.45, 2.75) is 44.6 Å². The largest absolute Gasteiger partial charge is 0.340 e. The molecule has 0 atom stereocenters. The van der Waals surface area contributed by atoms with E-state index < -0.39 is 10.0 Å². The van der Waals surface area contributed by atoms with Gasteiger partial charge in [0.1, 0.15) is 0 Å². The third kappa shape index (κ3) is 2.28. The van der Waals surface area contributed by atoms with E-state index in [4.69, 9.17) is 0 Å². The van der Waals surface area contributed by atoms with E-state index in [0.29, 0.717) is 19.5 Å². The number of rotatable bonds is 2. The van der Waals surface area contributed by atoms with Gasteiger partial charge in [0.05, 0.1) is 5.75 Å². The van der Waals surface area contributed by atoms with Crippen LogP contribution in [-0.2, 0) is 14.8 Å². The summed E-state index contributed by atoms with van der Waals surface area (Å²) >= 11 is 0. The molecule has 0 aromatic carbocycles. The van der Waals surface area contributed by atoms with Gasteiger partial charge >= 0.3 is 0 Å². The van der Waals surface area contributed by atoms with Crippen molar-refractivity contribution in [3.63, 3.8) is 0 Å². The van der Waals surface area contributed by atoms with Gasteiger partial charge in [-0.3, -0.25) is 4.79 Å². The molecular formula is C12H22N2O3S. The number of sulfonamides is 1. The van der Waals surface area contributed by atoms with Gasteiger partial charge in [-0.2, -0.15) is 0 Å². The van der Waals surface area contributed by atoms with Crippen molar-refractivity contribution in [1.82, 2.24) is 9.21 Å². The highest BCUT2D eigenvalue weighted by Crippen LogP contribution is 2.37. The number of nitrogens with zero attached hydrogens (tertiary/aromatic N) is 2. The van der Waals surface area contributed by atoms with Gasteiger partial charge in [-0.1, -0.05) is 0 Å². The van der Waals surface area contributed by atoms with Crippen LogP contribution in [0.5, 0.6) is 0 Å².